The molecule has 0 atom stereocenters. The van der Waals surface area contributed by atoms with Gasteiger partial charge in [0.15, 0.2) is 0 Å². The van der Waals surface area contributed by atoms with Crippen molar-refractivity contribution in [3.8, 4) is 0 Å². The van der Waals surface area contributed by atoms with E-state index in [1.54, 1.807) is 18.3 Å². The molecule has 0 aliphatic heterocycles. The summed E-state index contributed by atoms with van der Waals surface area (Å²) in [6.45, 7) is 0. The van der Waals surface area contributed by atoms with Crippen molar-refractivity contribution in [2.45, 2.75) is 4.90 Å². The van der Waals surface area contributed by atoms with Crippen molar-refractivity contribution in [2.75, 3.05) is 24.4 Å². The number of rotatable bonds is 5. The van der Waals surface area contributed by atoms with Crippen molar-refractivity contribution in [3.05, 3.63) is 54.1 Å². The third-order valence-corrected chi connectivity index (χ3v) is 3.93. The van der Waals surface area contributed by atoms with Crippen LogP contribution in [0.1, 0.15) is 5.56 Å². The standard InChI is InChI=1S/C15H18N4O2S/c1-19(2)14-7-3-12(4-8-14)11-17-18-13-5-9-15(10-6-13)22(16,20)21/h3-11,18H,1-2H3,(H2,16,20,21). The molecule has 0 amide bonds. The Hall–Kier alpha value is -2.38. The van der Waals surface area contributed by atoms with Gasteiger partial charge in [-0.2, -0.15) is 5.10 Å². The van der Waals surface area contributed by atoms with Crippen LogP contribution in [0.2, 0.25) is 0 Å². The first-order valence-corrected chi connectivity index (χ1v) is 8.10. The van der Waals surface area contributed by atoms with Crippen LogP contribution in [0.5, 0.6) is 0 Å². The molecule has 0 radical (unpaired) electrons. The number of hydrazone groups is 1. The maximum atomic E-state index is 11.1. The van der Waals surface area contributed by atoms with E-state index in [1.165, 1.54) is 12.1 Å². The molecule has 0 aliphatic carbocycles. The van der Waals surface area contributed by atoms with Crippen molar-refractivity contribution in [1.82, 2.24) is 0 Å². The minimum atomic E-state index is -3.66. The highest BCUT2D eigenvalue weighted by molar-refractivity contribution is 7.89. The SMILES string of the molecule is CN(C)c1ccc(C=NNc2ccc(S(N)(=O)=O)cc2)cc1. The van der Waals surface area contributed by atoms with Gasteiger partial charge in [-0.1, -0.05) is 12.1 Å². The van der Waals surface area contributed by atoms with Crippen LogP contribution in [-0.2, 0) is 10.0 Å². The molecule has 0 spiro atoms. The second-order valence-electron chi connectivity index (χ2n) is 4.93. The maximum Gasteiger partial charge on any atom is 0.238 e. The summed E-state index contributed by atoms with van der Waals surface area (Å²) >= 11 is 0. The molecule has 0 saturated carbocycles. The molecular formula is C15H18N4O2S. The van der Waals surface area contributed by atoms with Gasteiger partial charge in [0, 0.05) is 19.8 Å². The van der Waals surface area contributed by atoms with E-state index in [4.69, 9.17) is 5.14 Å². The summed E-state index contributed by atoms with van der Waals surface area (Å²) in [7, 11) is 0.300. The van der Waals surface area contributed by atoms with E-state index < -0.39 is 10.0 Å². The van der Waals surface area contributed by atoms with E-state index in [9.17, 15) is 8.42 Å². The molecule has 0 aromatic heterocycles. The lowest BCUT2D eigenvalue weighted by Crippen LogP contribution is -2.11. The fourth-order valence-electron chi connectivity index (χ4n) is 1.76. The minimum Gasteiger partial charge on any atom is -0.378 e. The van der Waals surface area contributed by atoms with Crippen LogP contribution < -0.4 is 15.5 Å². The molecule has 0 aliphatic rings. The Morgan fingerprint density at radius 1 is 1.05 bits per heavy atom. The van der Waals surface area contributed by atoms with Crippen molar-refractivity contribution in [1.29, 1.82) is 0 Å². The van der Waals surface area contributed by atoms with E-state index in [-0.39, 0.29) is 4.90 Å². The lowest BCUT2D eigenvalue weighted by atomic mass is 10.2. The molecule has 0 bridgehead atoms. The number of nitrogens with zero attached hydrogens (tertiary/aromatic N) is 2. The Labute approximate surface area is 130 Å². The molecule has 7 heteroatoms. The lowest BCUT2D eigenvalue weighted by molar-refractivity contribution is 0.598. The molecule has 0 unspecified atom stereocenters. The summed E-state index contributed by atoms with van der Waals surface area (Å²) in [4.78, 5) is 2.09. The van der Waals surface area contributed by atoms with Gasteiger partial charge < -0.3 is 4.90 Å². The van der Waals surface area contributed by atoms with E-state index in [0.717, 1.165) is 11.3 Å². The first kappa shape index (κ1) is 16.0. The van der Waals surface area contributed by atoms with Crippen LogP contribution in [0.3, 0.4) is 0 Å². The number of nitrogens with one attached hydrogen (secondary N) is 1. The normalized spacial score (nSPS) is 11.6. The number of hydrogen-bond donors (Lipinski definition) is 2. The molecule has 2 rings (SSSR count). The fraction of sp³-hybridized carbons (Fsp3) is 0.133. The predicted molar refractivity (Wildman–Crippen MR) is 89.8 cm³/mol. The van der Waals surface area contributed by atoms with E-state index in [1.807, 2.05) is 43.3 Å². The molecule has 2 aromatic rings. The number of hydrogen-bond acceptors (Lipinski definition) is 5. The summed E-state index contributed by atoms with van der Waals surface area (Å²) in [6, 6.07) is 14.0. The molecule has 116 valence electrons. The summed E-state index contributed by atoms with van der Waals surface area (Å²) in [5.41, 5.74) is 5.58. The maximum absolute atomic E-state index is 11.1. The van der Waals surface area contributed by atoms with E-state index >= 15 is 0 Å². The number of anilines is 2. The summed E-state index contributed by atoms with van der Waals surface area (Å²) in [5.74, 6) is 0. The summed E-state index contributed by atoms with van der Waals surface area (Å²) in [6.07, 6.45) is 1.69. The average molecular weight is 318 g/mol. The first-order chi connectivity index (χ1) is 10.4. The molecule has 0 heterocycles. The van der Waals surface area contributed by atoms with Crippen LogP contribution in [0, 0.1) is 0 Å². The Kier molecular flexibility index (Phi) is 4.79. The zero-order valence-electron chi connectivity index (χ0n) is 12.4. The molecule has 3 N–H and O–H groups in total. The zero-order chi connectivity index (χ0) is 16.2. The number of sulfonamides is 1. The van der Waals surface area contributed by atoms with Crippen LogP contribution in [0.25, 0.3) is 0 Å². The van der Waals surface area contributed by atoms with Crippen molar-refractivity contribution >= 4 is 27.6 Å². The van der Waals surface area contributed by atoms with Crippen LogP contribution >= 0.6 is 0 Å². The third kappa shape index (κ3) is 4.31. The predicted octanol–water partition coefficient (Wildman–Crippen LogP) is 1.85. The highest BCUT2D eigenvalue weighted by atomic mass is 32.2. The van der Waals surface area contributed by atoms with Crippen molar-refractivity contribution < 1.29 is 8.42 Å². The average Bonchev–Trinajstić information content (AvgIpc) is 2.47. The van der Waals surface area contributed by atoms with Gasteiger partial charge in [-0.15, -0.1) is 0 Å². The smallest absolute Gasteiger partial charge is 0.238 e. The minimum absolute atomic E-state index is 0.0707. The van der Waals surface area contributed by atoms with Gasteiger partial charge in [0.2, 0.25) is 10.0 Å². The molecule has 22 heavy (non-hydrogen) atoms. The van der Waals surface area contributed by atoms with Gasteiger partial charge in [-0.3, -0.25) is 5.43 Å². The Morgan fingerprint density at radius 3 is 2.14 bits per heavy atom. The molecule has 0 fully saturated rings. The van der Waals surface area contributed by atoms with Gasteiger partial charge in [-0.25, -0.2) is 13.6 Å². The second kappa shape index (κ2) is 6.59. The summed E-state index contributed by atoms with van der Waals surface area (Å²) in [5, 5.41) is 9.14. The number of nitrogens with two attached hydrogens (primary N) is 1. The third-order valence-electron chi connectivity index (χ3n) is 3.00. The molecular weight excluding hydrogens is 300 g/mol. The van der Waals surface area contributed by atoms with Crippen LogP contribution in [0.15, 0.2) is 58.5 Å². The quantitative estimate of drug-likeness (QED) is 0.650. The van der Waals surface area contributed by atoms with Gasteiger partial charge in [-0.05, 0) is 42.0 Å². The van der Waals surface area contributed by atoms with Gasteiger partial charge >= 0.3 is 0 Å². The monoisotopic (exact) mass is 318 g/mol. The molecule has 2 aromatic carbocycles. The highest BCUT2D eigenvalue weighted by Gasteiger charge is 2.06. The second-order valence-corrected chi connectivity index (χ2v) is 6.49. The Balaban J connectivity index is 2.00. The molecule has 6 nitrogen and oxygen atoms in total. The zero-order valence-corrected chi connectivity index (χ0v) is 13.2. The Bertz CT molecular complexity index is 751. The Morgan fingerprint density at radius 2 is 1.64 bits per heavy atom. The number of benzene rings is 2. The highest BCUT2D eigenvalue weighted by Crippen LogP contribution is 2.13. The van der Waals surface area contributed by atoms with Crippen LogP contribution in [0.4, 0.5) is 11.4 Å². The number of primary sulfonamides is 1. The van der Waals surface area contributed by atoms with Crippen LogP contribution in [-0.4, -0.2) is 28.7 Å². The largest absolute Gasteiger partial charge is 0.378 e. The van der Waals surface area contributed by atoms with Gasteiger partial charge in [0.1, 0.15) is 0 Å². The summed E-state index contributed by atoms with van der Waals surface area (Å²) < 4.78 is 22.3. The van der Waals surface area contributed by atoms with Gasteiger partial charge in [0.25, 0.3) is 0 Å². The van der Waals surface area contributed by atoms with E-state index in [2.05, 4.69) is 10.5 Å². The lowest BCUT2D eigenvalue weighted by Gasteiger charge is -2.11. The van der Waals surface area contributed by atoms with Crippen molar-refractivity contribution in [3.63, 3.8) is 0 Å². The first-order valence-electron chi connectivity index (χ1n) is 6.55. The molecule has 0 saturated heterocycles. The van der Waals surface area contributed by atoms with Crippen molar-refractivity contribution in [2.24, 2.45) is 10.2 Å². The van der Waals surface area contributed by atoms with E-state index in [0.29, 0.717) is 5.69 Å². The topological polar surface area (TPSA) is 87.8 Å². The fourth-order valence-corrected chi connectivity index (χ4v) is 2.27. The van der Waals surface area contributed by atoms with Gasteiger partial charge in [0.05, 0.1) is 16.8 Å².